The van der Waals surface area contributed by atoms with E-state index in [0.29, 0.717) is 0 Å². The molecule has 11 heavy (non-hydrogen) atoms. The summed E-state index contributed by atoms with van der Waals surface area (Å²) in [4.78, 5) is 21.6. The minimum Gasteiger partial charge on any atom is -0.294 e. The predicted octanol–water partition coefficient (Wildman–Crippen LogP) is 1.67. The second kappa shape index (κ2) is 5.59. The van der Waals surface area contributed by atoms with E-state index in [9.17, 15) is 9.59 Å². The van der Waals surface area contributed by atoms with Crippen LogP contribution in [0, 0.1) is 0 Å². The van der Waals surface area contributed by atoms with Gasteiger partial charge in [-0.3, -0.25) is 9.59 Å². The van der Waals surface area contributed by atoms with Gasteiger partial charge in [0, 0.05) is 0 Å². The van der Waals surface area contributed by atoms with Crippen molar-refractivity contribution in [3.63, 3.8) is 0 Å². The maximum absolute atomic E-state index is 10.8. The molecule has 0 radical (unpaired) electrons. The molecule has 0 aromatic heterocycles. The van der Waals surface area contributed by atoms with Gasteiger partial charge >= 0.3 is 0 Å². The zero-order valence-electron chi connectivity index (χ0n) is 6.83. The summed E-state index contributed by atoms with van der Waals surface area (Å²) in [7, 11) is 0. The number of carbonyl (C=O) groups is 2. The van der Waals surface area contributed by atoms with Crippen LogP contribution >= 0.6 is 0 Å². The molecule has 0 aliphatic heterocycles. The normalized spacial score (nSPS) is 11.1. The predicted molar refractivity (Wildman–Crippen MR) is 44.3 cm³/mol. The molecule has 0 bridgehead atoms. The van der Waals surface area contributed by atoms with E-state index in [0.717, 1.165) is 0 Å². The second-order valence-electron chi connectivity index (χ2n) is 2.11. The van der Waals surface area contributed by atoms with Crippen molar-refractivity contribution in [3.8, 4) is 0 Å². The molecule has 0 saturated heterocycles. The fourth-order valence-electron chi connectivity index (χ4n) is 0.661. The van der Waals surface area contributed by atoms with Crippen molar-refractivity contribution < 1.29 is 9.59 Å². The van der Waals surface area contributed by atoms with Crippen LogP contribution < -0.4 is 0 Å². The summed E-state index contributed by atoms with van der Waals surface area (Å²) in [6, 6.07) is 0. The largest absolute Gasteiger partial charge is 0.294 e. The van der Waals surface area contributed by atoms with Crippen molar-refractivity contribution in [1.29, 1.82) is 0 Å². The highest BCUT2D eigenvalue weighted by Gasteiger charge is 2.01. The molecule has 0 N–H and O–H groups in total. The topological polar surface area (TPSA) is 34.1 Å². The first kappa shape index (κ1) is 9.82. The highest BCUT2D eigenvalue weighted by Crippen LogP contribution is 1.89. The third-order valence-electron chi connectivity index (χ3n) is 1.05. The molecular weight excluding hydrogens is 140 g/mol. The first-order valence-corrected chi connectivity index (χ1v) is 3.51. The SMILES string of the molecule is C/C=C/C(=O)CC(=O)/C=C/C. The number of rotatable bonds is 4. The van der Waals surface area contributed by atoms with Gasteiger partial charge in [0.05, 0.1) is 6.42 Å². The molecule has 0 heterocycles. The second-order valence-corrected chi connectivity index (χ2v) is 2.11. The molecule has 0 aromatic rings. The standard InChI is InChI=1S/C9H12O2/c1-3-5-8(10)7-9(11)6-4-2/h3-6H,7H2,1-2H3/b5-3+,6-4+. The highest BCUT2D eigenvalue weighted by atomic mass is 16.1. The number of carbonyl (C=O) groups excluding carboxylic acids is 2. The Morgan fingerprint density at radius 1 is 1.00 bits per heavy atom. The van der Waals surface area contributed by atoms with Gasteiger partial charge in [0.1, 0.15) is 0 Å². The maximum Gasteiger partial charge on any atom is 0.163 e. The van der Waals surface area contributed by atoms with Crippen LogP contribution in [0.25, 0.3) is 0 Å². The fraction of sp³-hybridized carbons (Fsp3) is 0.333. The van der Waals surface area contributed by atoms with E-state index >= 15 is 0 Å². The lowest BCUT2D eigenvalue weighted by atomic mass is 10.2. The number of hydrogen-bond donors (Lipinski definition) is 0. The van der Waals surface area contributed by atoms with Gasteiger partial charge in [-0.1, -0.05) is 12.2 Å². The van der Waals surface area contributed by atoms with Crippen molar-refractivity contribution in [2.24, 2.45) is 0 Å². The van der Waals surface area contributed by atoms with E-state index in [4.69, 9.17) is 0 Å². The van der Waals surface area contributed by atoms with E-state index in [2.05, 4.69) is 0 Å². The van der Waals surface area contributed by atoms with Gasteiger partial charge in [0.2, 0.25) is 0 Å². The molecular formula is C9H12O2. The monoisotopic (exact) mass is 152 g/mol. The molecule has 0 aromatic carbocycles. The lowest BCUT2D eigenvalue weighted by Gasteiger charge is -1.87. The number of ketones is 2. The fourth-order valence-corrected chi connectivity index (χ4v) is 0.661. The summed E-state index contributed by atoms with van der Waals surface area (Å²) < 4.78 is 0. The first-order valence-electron chi connectivity index (χ1n) is 3.51. The Labute approximate surface area is 66.6 Å². The summed E-state index contributed by atoms with van der Waals surface area (Å²) in [5.41, 5.74) is 0. The Morgan fingerprint density at radius 2 is 1.36 bits per heavy atom. The van der Waals surface area contributed by atoms with Crippen LogP contribution in [0.3, 0.4) is 0 Å². The molecule has 0 unspecified atom stereocenters. The van der Waals surface area contributed by atoms with Crippen LogP contribution in [0.2, 0.25) is 0 Å². The minimum absolute atomic E-state index is 0.0192. The molecule has 0 rings (SSSR count). The van der Waals surface area contributed by atoms with Gasteiger partial charge in [-0.15, -0.1) is 0 Å². The van der Waals surface area contributed by atoms with Crippen LogP contribution in [-0.4, -0.2) is 11.6 Å². The van der Waals surface area contributed by atoms with Crippen LogP contribution in [-0.2, 0) is 9.59 Å². The number of allylic oxidation sites excluding steroid dienone is 4. The average Bonchev–Trinajstić information content (AvgIpc) is 1.87. The lowest BCUT2D eigenvalue weighted by molar-refractivity contribution is -0.121. The molecule has 0 saturated carbocycles. The molecule has 0 spiro atoms. The Morgan fingerprint density at radius 3 is 1.64 bits per heavy atom. The first-order chi connectivity index (χ1) is 5.20. The summed E-state index contributed by atoms with van der Waals surface area (Å²) in [6.45, 7) is 3.50. The van der Waals surface area contributed by atoms with Gasteiger partial charge in [-0.25, -0.2) is 0 Å². The van der Waals surface area contributed by atoms with Crippen LogP contribution in [0.5, 0.6) is 0 Å². The number of hydrogen-bond acceptors (Lipinski definition) is 2. The van der Waals surface area contributed by atoms with Crippen molar-refractivity contribution in [1.82, 2.24) is 0 Å². The van der Waals surface area contributed by atoms with E-state index in [1.165, 1.54) is 12.2 Å². The average molecular weight is 152 g/mol. The Balaban J connectivity index is 3.85. The van der Waals surface area contributed by atoms with E-state index in [1.807, 2.05) is 0 Å². The third-order valence-corrected chi connectivity index (χ3v) is 1.05. The third kappa shape index (κ3) is 5.27. The van der Waals surface area contributed by atoms with Gasteiger partial charge in [-0.2, -0.15) is 0 Å². The van der Waals surface area contributed by atoms with Crippen LogP contribution in [0.4, 0.5) is 0 Å². The molecule has 2 heteroatoms. The Hall–Kier alpha value is -1.18. The van der Waals surface area contributed by atoms with E-state index < -0.39 is 0 Å². The Kier molecular flexibility index (Phi) is 4.99. The van der Waals surface area contributed by atoms with Crippen molar-refractivity contribution in [2.45, 2.75) is 20.3 Å². The maximum atomic E-state index is 10.8. The molecule has 2 nitrogen and oxygen atoms in total. The van der Waals surface area contributed by atoms with E-state index in [-0.39, 0.29) is 18.0 Å². The van der Waals surface area contributed by atoms with Gasteiger partial charge in [-0.05, 0) is 26.0 Å². The van der Waals surface area contributed by atoms with E-state index in [1.54, 1.807) is 26.0 Å². The smallest absolute Gasteiger partial charge is 0.163 e. The molecule has 0 atom stereocenters. The summed E-state index contributed by atoms with van der Waals surface area (Å²) in [5, 5.41) is 0. The summed E-state index contributed by atoms with van der Waals surface area (Å²) >= 11 is 0. The zero-order valence-corrected chi connectivity index (χ0v) is 6.83. The lowest BCUT2D eigenvalue weighted by Crippen LogP contribution is -2.01. The van der Waals surface area contributed by atoms with Crippen molar-refractivity contribution in [2.75, 3.05) is 0 Å². The Bertz CT molecular complexity index is 178. The van der Waals surface area contributed by atoms with Crippen molar-refractivity contribution in [3.05, 3.63) is 24.3 Å². The molecule has 0 aliphatic carbocycles. The zero-order chi connectivity index (χ0) is 8.69. The van der Waals surface area contributed by atoms with Gasteiger partial charge in [0.25, 0.3) is 0 Å². The highest BCUT2D eigenvalue weighted by molar-refractivity contribution is 6.08. The molecule has 60 valence electrons. The quantitative estimate of drug-likeness (QED) is 0.453. The summed E-state index contributed by atoms with van der Waals surface area (Å²) in [6.07, 6.45) is 6.05. The van der Waals surface area contributed by atoms with Crippen LogP contribution in [0.1, 0.15) is 20.3 Å². The molecule has 0 amide bonds. The van der Waals surface area contributed by atoms with Gasteiger partial charge < -0.3 is 0 Å². The van der Waals surface area contributed by atoms with Gasteiger partial charge in [0.15, 0.2) is 11.6 Å². The minimum atomic E-state index is -0.143. The molecule has 0 aliphatic rings. The summed E-state index contributed by atoms with van der Waals surface area (Å²) in [5.74, 6) is -0.286. The molecule has 0 fully saturated rings. The van der Waals surface area contributed by atoms with Crippen LogP contribution in [0.15, 0.2) is 24.3 Å². The van der Waals surface area contributed by atoms with Crippen molar-refractivity contribution >= 4 is 11.6 Å².